The molecule has 106 valence electrons. The van der Waals surface area contributed by atoms with Crippen LogP contribution < -0.4 is 5.32 Å². The summed E-state index contributed by atoms with van der Waals surface area (Å²) >= 11 is 5.89. The Morgan fingerprint density at radius 2 is 1.79 bits per heavy atom. The molecule has 1 atom stereocenters. The largest absolute Gasteiger partial charge is 0.314 e. The molecule has 2 rings (SSSR count). The van der Waals surface area contributed by atoms with Crippen LogP contribution in [0.4, 0.5) is 0 Å². The lowest BCUT2D eigenvalue weighted by molar-refractivity contribution is 0.175. The third-order valence-corrected chi connectivity index (χ3v) is 3.38. The van der Waals surface area contributed by atoms with E-state index in [4.69, 9.17) is 16.9 Å². The monoisotopic (exact) mass is 321 g/mol. The highest BCUT2D eigenvalue weighted by Crippen LogP contribution is 2.25. The Morgan fingerprint density at radius 1 is 1.21 bits per heavy atom. The summed E-state index contributed by atoms with van der Waals surface area (Å²) in [6.45, 7) is 3.98. The Bertz CT molecular complexity index is 397. The first-order valence-electron chi connectivity index (χ1n) is 5.88. The molecule has 1 aliphatic heterocycles. The van der Waals surface area contributed by atoms with Gasteiger partial charge < -0.3 is 5.32 Å². The Hall–Kier alpha value is -0.500. The Labute approximate surface area is 131 Å². The van der Waals surface area contributed by atoms with E-state index < -0.39 is 0 Å². The predicted octanol–water partition coefficient (Wildman–Crippen LogP) is 3.04. The highest BCUT2D eigenvalue weighted by molar-refractivity contribution is 6.30. The van der Waals surface area contributed by atoms with Crippen molar-refractivity contribution in [2.45, 2.75) is 12.5 Å². The summed E-state index contributed by atoms with van der Waals surface area (Å²) in [7, 11) is 0. The van der Waals surface area contributed by atoms with Gasteiger partial charge in [0, 0.05) is 37.2 Å². The number of nitrogens with zero attached hydrogens (tertiary/aromatic N) is 2. The number of hydrogen-bond donors (Lipinski definition) is 1. The molecule has 1 aromatic rings. The average molecular weight is 323 g/mol. The molecule has 0 radical (unpaired) electrons. The van der Waals surface area contributed by atoms with Crippen LogP contribution in [0.15, 0.2) is 24.3 Å². The smallest absolute Gasteiger partial charge is 0.0641 e. The predicted molar refractivity (Wildman–Crippen MR) is 83.4 cm³/mol. The maximum absolute atomic E-state index is 8.96. The van der Waals surface area contributed by atoms with Gasteiger partial charge in [-0.1, -0.05) is 23.7 Å². The Balaban J connectivity index is 0.00000162. The number of rotatable bonds is 3. The van der Waals surface area contributed by atoms with Gasteiger partial charge in [-0.2, -0.15) is 5.26 Å². The van der Waals surface area contributed by atoms with Gasteiger partial charge in [0.05, 0.1) is 12.5 Å². The molecule has 1 saturated heterocycles. The SMILES string of the molecule is Cl.Cl.N#CC[C@H](c1ccc(Cl)cc1)N1CCNCC1. The van der Waals surface area contributed by atoms with Gasteiger partial charge in [-0.15, -0.1) is 24.8 Å². The van der Waals surface area contributed by atoms with Crippen LogP contribution in [0.25, 0.3) is 0 Å². The number of nitriles is 1. The topological polar surface area (TPSA) is 39.1 Å². The molecular weight excluding hydrogens is 305 g/mol. The van der Waals surface area contributed by atoms with Crippen LogP contribution in [0, 0.1) is 11.3 Å². The lowest BCUT2D eigenvalue weighted by atomic mass is 10.0. The van der Waals surface area contributed by atoms with Crippen molar-refractivity contribution in [2.75, 3.05) is 26.2 Å². The first-order chi connectivity index (χ1) is 8.31. The molecule has 3 nitrogen and oxygen atoms in total. The molecule has 0 amide bonds. The second kappa shape index (κ2) is 9.41. The van der Waals surface area contributed by atoms with E-state index in [-0.39, 0.29) is 30.9 Å². The van der Waals surface area contributed by atoms with E-state index in [9.17, 15) is 0 Å². The lowest BCUT2D eigenvalue weighted by Gasteiger charge is -2.34. The molecule has 1 N–H and O–H groups in total. The number of nitrogens with one attached hydrogen (secondary N) is 1. The van der Waals surface area contributed by atoms with Crippen LogP contribution >= 0.6 is 36.4 Å². The van der Waals surface area contributed by atoms with Gasteiger partial charge in [0.2, 0.25) is 0 Å². The van der Waals surface area contributed by atoms with E-state index >= 15 is 0 Å². The molecule has 0 saturated carbocycles. The minimum atomic E-state index is 0. The van der Waals surface area contributed by atoms with Gasteiger partial charge in [-0.3, -0.25) is 4.90 Å². The zero-order chi connectivity index (χ0) is 12.1. The Morgan fingerprint density at radius 3 is 2.32 bits per heavy atom. The van der Waals surface area contributed by atoms with Gasteiger partial charge in [0.1, 0.15) is 0 Å². The van der Waals surface area contributed by atoms with Crippen LogP contribution in [-0.2, 0) is 0 Å². The number of piperazine rings is 1. The fourth-order valence-electron chi connectivity index (χ4n) is 2.22. The van der Waals surface area contributed by atoms with Crippen molar-refractivity contribution < 1.29 is 0 Å². The summed E-state index contributed by atoms with van der Waals surface area (Å²) in [5.41, 5.74) is 1.18. The summed E-state index contributed by atoms with van der Waals surface area (Å²) in [4.78, 5) is 2.36. The lowest BCUT2D eigenvalue weighted by Crippen LogP contribution is -2.45. The minimum Gasteiger partial charge on any atom is -0.314 e. The van der Waals surface area contributed by atoms with Crippen LogP contribution in [-0.4, -0.2) is 31.1 Å². The normalized spacial score (nSPS) is 16.6. The molecular formula is C13H18Cl3N3. The molecule has 19 heavy (non-hydrogen) atoms. The van der Waals surface area contributed by atoms with E-state index in [1.54, 1.807) is 0 Å². The third kappa shape index (κ3) is 5.18. The molecule has 1 aliphatic rings. The highest BCUT2D eigenvalue weighted by Gasteiger charge is 2.21. The zero-order valence-corrected chi connectivity index (χ0v) is 12.9. The molecule has 0 aromatic heterocycles. The average Bonchev–Trinajstić information content (AvgIpc) is 2.38. The van der Waals surface area contributed by atoms with Gasteiger partial charge >= 0.3 is 0 Å². The molecule has 0 bridgehead atoms. The van der Waals surface area contributed by atoms with Crippen molar-refractivity contribution in [3.05, 3.63) is 34.9 Å². The second-order valence-corrected chi connectivity index (χ2v) is 4.65. The van der Waals surface area contributed by atoms with Crippen molar-refractivity contribution in [1.82, 2.24) is 10.2 Å². The molecule has 1 fully saturated rings. The van der Waals surface area contributed by atoms with Gasteiger partial charge in [0.15, 0.2) is 0 Å². The van der Waals surface area contributed by atoms with E-state index in [0.717, 1.165) is 31.2 Å². The molecule has 1 aromatic carbocycles. The Kier molecular flexibility index (Phi) is 9.16. The van der Waals surface area contributed by atoms with Crippen LogP contribution in [0.3, 0.4) is 0 Å². The highest BCUT2D eigenvalue weighted by atomic mass is 35.5. The van der Waals surface area contributed by atoms with Crippen molar-refractivity contribution in [3.63, 3.8) is 0 Å². The fourth-order valence-corrected chi connectivity index (χ4v) is 2.35. The van der Waals surface area contributed by atoms with Gasteiger partial charge in [0.25, 0.3) is 0 Å². The first-order valence-corrected chi connectivity index (χ1v) is 6.26. The van der Waals surface area contributed by atoms with Crippen LogP contribution in [0.2, 0.25) is 5.02 Å². The van der Waals surface area contributed by atoms with Gasteiger partial charge in [-0.25, -0.2) is 0 Å². The third-order valence-electron chi connectivity index (χ3n) is 3.13. The van der Waals surface area contributed by atoms with Crippen LogP contribution in [0.1, 0.15) is 18.0 Å². The van der Waals surface area contributed by atoms with E-state index in [1.807, 2.05) is 24.3 Å². The summed E-state index contributed by atoms with van der Waals surface area (Å²) in [6, 6.07) is 10.3. The molecule has 0 unspecified atom stereocenters. The molecule has 0 aliphatic carbocycles. The summed E-state index contributed by atoms with van der Waals surface area (Å²) in [6.07, 6.45) is 0.529. The summed E-state index contributed by atoms with van der Waals surface area (Å²) < 4.78 is 0. The van der Waals surface area contributed by atoms with Crippen molar-refractivity contribution in [2.24, 2.45) is 0 Å². The molecule has 1 heterocycles. The fraction of sp³-hybridized carbons (Fsp3) is 0.462. The van der Waals surface area contributed by atoms with Crippen molar-refractivity contribution in [3.8, 4) is 6.07 Å². The minimum absolute atomic E-state index is 0. The molecule has 6 heteroatoms. The summed E-state index contributed by atoms with van der Waals surface area (Å²) in [5.74, 6) is 0. The number of benzene rings is 1. The van der Waals surface area contributed by atoms with Gasteiger partial charge in [-0.05, 0) is 17.7 Å². The molecule has 0 spiro atoms. The maximum Gasteiger partial charge on any atom is 0.0641 e. The zero-order valence-electron chi connectivity index (χ0n) is 10.5. The number of halogens is 3. The standard InChI is InChI=1S/C13H16ClN3.2ClH/c14-12-3-1-11(2-4-12)13(5-6-15)17-9-7-16-8-10-17;;/h1-4,13,16H,5,7-10H2;2*1H/t13-;;/m1../s1. The van der Waals surface area contributed by atoms with Crippen molar-refractivity contribution >= 4 is 36.4 Å². The summed E-state index contributed by atoms with van der Waals surface area (Å²) in [5, 5.41) is 13.0. The quantitative estimate of drug-likeness (QED) is 0.929. The van der Waals surface area contributed by atoms with Crippen LogP contribution in [0.5, 0.6) is 0 Å². The van der Waals surface area contributed by atoms with Crippen molar-refractivity contribution in [1.29, 1.82) is 5.26 Å². The van der Waals surface area contributed by atoms with E-state index in [2.05, 4.69) is 16.3 Å². The number of hydrogen-bond acceptors (Lipinski definition) is 3. The van der Waals surface area contributed by atoms with E-state index in [0.29, 0.717) is 6.42 Å². The van der Waals surface area contributed by atoms with E-state index in [1.165, 1.54) is 5.56 Å². The second-order valence-electron chi connectivity index (χ2n) is 4.22. The first kappa shape index (κ1) is 18.5. The maximum atomic E-state index is 8.96.